The number of carbonyl (C=O) groups excluding carboxylic acids is 1. The second-order valence-corrected chi connectivity index (χ2v) is 5.03. The van der Waals surface area contributed by atoms with Crippen LogP contribution in [0, 0.1) is 11.8 Å². The van der Waals surface area contributed by atoms with Gasteiger partial charge >= 0.3 is 5.97 Å². The van der Waals surface area contributed by atoms with Crippen LogP contribution in [0.25, 0.3) is 0 Å². The lowest BCUT2D eigenvalue weighted by Crippen LogP contribution is -2.06. The van der Waals surface area contributed by atoms with Gasteiger partial charge in [0.25, 0.3) is 0 Å². The Morgan fingerprint density at radius 2 is 2.22 bits per heavy atom. The first-order valence-corrected chi connectivity index (χ1v) is 6.53. The van der Waals surface area contributed by atoms with Gasteiger partial charge in [-0.3, -0.25) is 4.79 Å². The average molecular weight is 248 g/mol. The topological polar surface area (TPSA) is 46.5 Å². The summed E-state index contributed by atoms with van der Waals surface area (Å²) < 4.78 is 4.76. The van der Waals surface area contributed by atoms with Crippen molar-refractivity contribution >= 4 is 5.97 Å². The van der Waals surface area contributed by atoms with Crippen molar-refractivity contribution in [2.45, 2.75) is 32.1 Å². The molecule has 18 heavy (non-hydrogen) atoms. The lowest BCUT2D eigenvalue weighted by atomic mass is 9.90. The number of aromatic hydroxyl groups is 1. The Morgan fingerprint density at radius 3 is 2.83 bits per heavy atom. The number of phenolic OH excluding ortho intramolecular Hbond substituents is 1. The van der Waals surface area contributed by atoms with Gasteiger partial charge in [-0.15, -0.1) is 0 Å². The molecule has 1 N–H and O–H groups in total. The molecule has 1 saturated carbocycles. The van der Waals surface area contributed by atoms with Crippen LogP contribution in [0.3, 0.4) is 0 Å². The van der Waals surface area contributed by atoms with Crippen molar-refractivity contribution in [2.24, 2.45) is 11.8 Å². The predicted molar refractivity (Wildman–Crippen MR) is 69.4 cm³/mol. The maximum atomic E-state index is 11.4. The Balaban J connectivity index is 2.00. The first-order valence-electron chi connectivity index (χ1n) is 6.53. The van der Waals surface area contributed by atoms with E-state index >= 15 is 0 Å². The number of esters is 1. The molecule has 0 amide bonds. The zero-order chi connectivity index (χ0) is 13.1. The molecule has 0 aromatic heterocycles. The Morgan fingerprint density at radius 1 is 1.50 bits per heavy atom. The number of para-hydroxylation sites is 1. The van der Waals surface area contributed by atoms with Crippen molar-refractivity contribution in [3.05, 3.63) is 29.8 Å². The van der Waals surface area contributed by atoms with Crippen LogP contribution in [0.4, 0.5) is 0 Å². The minimum absolute atomic E-state index is 0.0786. The minimum atomic E-state index is -0.0906. The second-order valence-electron chi connectivity index (χ2n) is 5.03. The molecule has 98 valence electrons. The highest BCUT2D eigenvalue weighted by Gasteiger charge is 2.44. The van der Waals surface area contributed by atoms with Gasteiger partial charge in [0.2, 0.25) is 0 Å². The van der Waals surface area contributed by atoms with E-state index in [1.807, 2.05) is 18.2 Å². The number of rotatable bonds is 5. The Bertz CT molecular complexity index is 428. The summed E-state index contributed by atoms with van der Waals surface area (Å²) in [6.07, 6.45) is 2.85. The number of hydrogen-bond donors (Lipinski definition) is 1. The summed E-state index contributed by atoms with van der Waals surface area (Å²) in [4.78, 5) is 11.4. The zero-order valence-electron chi connectivity index (χ0n) is 10.9. The number of ether oxygens (including phenoxy) is 1. The van der Waals surface area contributed by atoms with E-state index in [0.717, 1.165) is 24.8 Å². The van der Waals surface area contributed by atoms with Crippen LogP contribution < -0.4 is 0 Å². The van der Waals surface area contributed by atoms with Gasteiger partial charge in [-0.2, -0.15) is 0 Å². The lowest BCUT2D eigenvalue weighted by molar-refractivity contribution is -0.142. The minimum Gasteiger partial charge on any atom is -0.508 e. The summed E-state index contributed by atoms with van der Waals surface area (Å²) >= 11 is 0. The molecule has 0 radical (unpaired) electrons. The predicted octanol–water partition coefficient (Wildman–Crippen LogP) is 3.09. The molecule has 1 aromatic carbocycles. The zero-order valence-corrected chi connectivity index (χ0v) is 10.9. The first kappa shape index (κ1) is 12.9. The molecule has 3 heteroatoms. The summed E-state index contributed by atoms with van der Waals surface area (Å²) in [7, 11) is 1.44. The maximum absolute atomic E-state index is 11.4. The van der Waals surface area contributed by atoms with Gasteiger partial charge in [0.15, 0.2) is 0 Å². The number of benzene rings is 1. The van der Waals surface area contributed by atoms with Crippen molar-refractivity contribution in [3.63, 3.8) is 0 Å². The summed E-state index contributed by atoms with van der Waals surface area (Å²) in [6.45, 7) is 2.12. The quantitative estimate of drug-likeness (QED) is 0.814. The third kappa shape index (κ3) is 2.66. The molecule has 2 rings (SSSR count). The van der Waals surface area contributed by atoms with Gasteiger partial charge in [-0.25, -0.2) is 0 Å². The second kappa shape index (κ2) is 5.42. The van der Waals surface area contributed by atoms with E-state index in [4.69, 9.17) is 4.74 Å². The lowest BCUT2D eigenvalue weighted by Gasteiger charge is -2.16. The van der Waals surface area contributed by atoms with Crippen LogP contribution in [0.15, 0.2) is 24.3 Å². The third-order valence-electron chi connectivity index (χ3n) is 3.88. The van der Waals surface area contributed by atoms with E-state index < -0.39 is 0 Å². The van der Waals surface area contributed by atoms with Crippen LogP contribution in [-0.4, -0.2) is 18.2 Å². The molecule has 3 atom stereocenters. The molecule has 1 aliphatic carbocycles. The Kier molecular flexibility index (Phi) is 3.90. The summed E-state index contributed by atoms with van der Waals surface area (Å²) in [5.41, 5.74) is 0.996. The van der Waals surface area contributed by atoms with Gasteiger partial charge in [-0.05, 0) is 42.7 Å². The molecule has 0 saturated heterocycles. The highest BCUT2D eigenvalue weighted by molar-refractivity contribution is 5.75. The molecule has 0 spiro atoms. The van der Waals surface area contributed by atoms with Crippen molar-refractivity contribution in [3.8, 4) is 5.75 Å². The highest BCUT2D eigenvalue weighted by Crippen LogP contribution is 2.47. The van der Waals surface area contributed by atoms with Gasteiger partial charge in [-0.1, -0.05) is 25.1 Å². The largest absolute Gasteiger partial charge is 0.508 e. The highest BCUT2D eigenvalue weighted by atomic mass is 16.5. The van der Waals surface area contributed by atoms with E-state index in [1.165, 1.54) is 7.11 Å². The Hall–Kier alpha value is -1.51. The molecule has 1 fully saturated rings. The van der Waals surface area contributed by atoms with Gasteiger partial charge in [0.05, 0.1) is 13.0 Å². The summed E-state index contributed by atoms with van der Waals surface area (Å²) in [5, 5.41) is 9.87. The smallest absolute Gasteiger partial charge is 0.308 e. The number of carbonyl (C=O) groups is 1. The number of phenols is 1. The average Bonchev–Trinajstić information content (AvgIpc) is 3.15. The molecule has 3 unspecified atom stereocenters. The summed E-state index contributed by atoms with van der Waals surface area (Å²) in [6, 6.07) is 7.48. The number of methoxy groups -OCH3 is 1. The van der Waals surface area contributed by atoms with Gasteiger partial charge < -0.3 is 9.84 Å². The Labute approximate surface area is 108 Å². The fourth-order valence-corrected chi connectivity index (χ4v) is 2.66. The van der Waals surface area contributed by atoms with E-state index in [9.17, 15) is 9.90 Å². The van der Waals surface area contributed by atoms with Crippen LogP contribution in [0.1, 0.15) is 37.7 Å². The molecule has 0 bridgehead atoms. The van der Waals surface area contributed by atoms with Crippen LogP contribution in [-0.2, 0) is 9.53 Å². The van der Waals surface area contributed by atoms with Gasteiger partial charge in [0.1, 0.15) is 5.75 Å². The third-order valence-corrected chi connectivity index (χ3v) is 3.88. The van der Waals surface area contributed by atoms with Crippen molar-refractivity contribution in [1.29, 1.82) is 0 Å². The molecular weight excluding hydrogens is 228 g/mol. The van der Waals surface area contributed by atoms with E-state index in [0.29, 0.717) is 17.6 Å². The molecule has 0 aliphatic heterocycles. The number of hydrogen-bond acceptors (Lipinski definition) is 3. The summed E-state index contributed by atoms with van der Waals surface area (Å²) in [5.74, 6) is 1.09. The van der Waals surface area contributed by atoms with Gasteiger partial charge in [0, 0.05) is 0 Å². The maximum Gasteiger partial charge on any atom is 0.308 e. The molecule has 1 aliphatic rings. The molecule has 0 heterocycles. The van der Waals surface area contributed by atoms with E-state index in [1.54, 1.807) is 6.07 Å². The van der Waals surface area contributed by atoms with E-state index in [-0.39, 0.29) is 11.9 Å². The van der Waals surface area contributed by atoms with Crippen LogP contribution >= 0.6 is 0 Å². The van der Waals surface area contributed by atoms with Crippen LogP contribution in [0.2, 0.25) is 0 Å². The molecular formula is C15H20O3. The molecule has 3 nitrogen and oxygen atoms in total. The van der Waals surface area contributed by atoms with E-state index in [2.05, 4.69) is 6.92 Å². The fourth-order valence-electron chi connectivity index (χ4n) is 2.66. The monoisotopic (exact) mass is 248 g/mol. The molecule has 1 aromatic rings. The standard InChI is InChI=1S/C15H20O3/c1-3-10(12-6-4-5-7-14(12)16)8-11-9-13(11)15(17)18-2/h4-7,10-11,13,16H,3,8-9H2,1-2H3. The van der Waals surface area contributed by atoms with Crippen molar-refractivity contribution < 1.29 is 14.6 Å². The van der Waals surface area contributed by atoms with Crippen molar-refractivity contribution in [1.82, 2.24) is 0 Å². The normalized spacial score (nSPS) is 23.4. The van der Waals surface area contributed by atoms with Crippen LogP contribution in [0.5, 0.6) is 5.75 Å². The first-order chi connectivity index (χ1) is 8.67. The fraction of sp³-hybridized carbons (Fsp3) is 0.533. The SMILES string of the molecule is CCC(CC1CC1C(=O)OC)c1ccccc1O. The van der Waals surface area contributed by atoms with Crippen molar-refractivity contribution in [2.75, 3.05) is 7.11 Å².